The molecule has 0 atom stereocenters. The van der Waals surface area contributed by atoms with Crippen LogP contribution in [0.3, 0.4) is 0 Å². The van der Waals surface area contributed by atoms with Gasteiger partial charge >= 0.3 is 0 Å². The lowest BCUT2D eigenvalue weighted by Crippen LogP contribution is -2.12. The molecule has 0 unspecified atom stereocenters. The number of nitrogens with one attached hydrogen (secondary N) is 1. The number of carbonyl (C=O) groups is 1. The monoisotopic (exact) mass is 382 g/mol. The van der Waals surface area contributed by atoms with E-state index in [1.165, 1.54) is 6.07 Å². The summed E-state index contributed by atoms with van der Waals surface area (Å²) in [6.07, 6.45) is 0. The number of aromatic nitrogens is 1. The van der Waals surface area contributed by atoms with Crippen LogP contribution < -0.4 is 5.32 Å². The van der Waals surface area contributed by atoms with Crippen molar-refractivity contribution in [3.8, 4) is 22.6 Å². The third kappa shape index (κ3) is 3.65. The summed E-state index contributed by atoms with van der Waals surface area (Å²) in [5.41, 5.74) is 0.977. The van der Waals surface area contributed by atoms with Crippen LogP contribution in [0, 0.1) is 11.6 Å². The Kier molecular flexibility index (Phi) is 5.01. The Bertz CT molecular complexity index is 944. The van der Waals surface area contributed by atoms with Crippen LogP contribution in [0.1, 0.15) is 0 Å². The minimum atomic E-state index is -0.756. The standard InChI is InChI=1S/C17H10Cl2F2N2O2/c18-8-15(24)22-10-3-1-2-9(6-10)14-7-13(23-25-14)16-11(20)4-5-12(21)17(16)19/h1-7H,8H2,(H,22,24). The molecule has 0 aliphatic heterocycles. The van der Waals surface area contributed by atoms with Gasteiger partial charge in [-0.05, 0) is 24.3 Å². The number of benzene rings is 2. The largest absolute Gasteiger partial charge is 0.356 e. The Morgan fingerprint density at radius 2 is 1.92 bits per heavy atom. The van der Waals surface area contributed by atoms with E-state index in [9.17, 15) is 13.6 Å². The summed E-state index contributed by atoms with van der Waals surface area (Å²) in [6.45, 7) is 0. The Balaban J connectivity index is 1.96. The maximum absolute atomic E-state index is 14.0. The fourth-order valence-electron chi connectivity index (χ4n) is 2.24. The maximum atomic E-state index is 14.0. The highest BCUT2D eigenvalue weighted by Gasteiger charge is 2.18. The normalized spacial score (nSPS) is 10.7. The fraction of sp³-hybridized carbons (Fsp3) is 0.0588. The molecule has 1 heterocycles. The average molecular weight is 383 g/mol. The van der Waals surface area contributed by atoms with Gasteiger partial charge in [0.2, 0.25) is 5.91 Å². The summed E-state index contributed by atoms with van der Waals surface area (Å²) in [4.78, 5) is 11.4. The predicted molar refractivity (Wildman–Crippen MR) is 91.7 cm³/mol. The van der Waals surface area contributed by atoms with E-state index >= 15 is 0 Å². The smallest absolute Gasteiger partial charge is 0.239 e. The molecule has 2 aromatic carbocycles. The van der Waals surface area contributed by atoms with E-state index < -0.39 is 11.6 Å². The number of anilines is 1. The number of hydrogen-bond acceptors (Lipinski definition) is 3. The lowest BCUT2D eigenvalue weighted by molar-refractivity contribution is -0.113. The van der Waals surface area contributed by atoms with Crippen molar-refractivity contribution in [1.29, 1.82) is 0 Å². The lowest BCUT2D eigenvalue weighted by Gasteiger charge is -2.04. The SMILES string of the molecule is O=C(CCl)Nc1cccc(-c2cc(-c3c(F)ccc(F)c3Cl)no2)c1. The van der Waals surface area contributed by atoms with Gasteiger partial charge in [0.15, 0.2) is 5.76 Å². The molecule has 3 aromatic rings. The number of rotatable bonds is 4. The Hall–Kier alpha value is -2.44. The zero-order chi connectivity index (χ0) is 18.0. The Morgan fingerprint density at radius 3 is 2.68 bits per heavy atom. The lowest BCUT2D eigenvalue weighted by atomic mass is 10.1. The molecular weight excluding hydrogens is 373 g/mol. The zero-order valence-corrected chi connectivity index (χ0v) is 14.0. The van der Waals surface area contributed by atoms with Crippen molar-refractivity contribution in [1.82, 2.24) is 5.16 Å². The first-order valence-electron chi connectivity index (χ1n) is 7.06. The van der Waals surface area contributed by atoms with Gasteiger partial charge in [-0.2, -0.15) is 0 Å². The summed E-state index contributed by atoms with van der Waals surface area (Å²) < 4.78 is 32.8. The van der Waals surface area contributed by atoms with Gasteiger partial charge in [-0.1, -0.05) is 28.9 Å². The van der Waals surface area contributed by atoms with E-state index in [2.05, 4.69) is 10.5 Å². The van der Waals surface area contributed by atoms with Gasteiger partial charge in [0, 0.05) is 17.3 Å². The molecule has 0 saturated carbocycles. The van der Waals surface area contributed by atoms with Gasteiger partial charge in [-0.25, -0.2) is 8.78 Å². The van der Waals surface area contributed by atoms with E-state index in [0.29, 0.717) is 17.0 Å². The molecule has 0 spiro atoms. The van der Waals surface area contributed by atoms with Crippen LogP contribution in [0.4, 0.5) is 14.5 Å². The number of hydrogen-bond donors (Lipinski definition) is 1. The Morgan fingerprint density at radius 1 is 1.16 bits per heavy atom. The third-order valence-electron chi connectivity index (χ3n) is 3.36. The minimum absolute atomic E-state index is 0.0622. The third-order valence-corrected chi connectivity index (χ3v) is 3.97. The summed E-state index contributed by atoms with van der Waals surface area (Å²) in [5.74, 6) is -1.70. The van der Waals surface area contributed by atoms with Crippen molar-refractivity contribution >= 4 is 34.8 Å². The van der Waals surface area contributed by atoms with Crippen LogP contribution in [0.25, 0.3) is 22.6 Å². The van der Waals surface area contributed by atoms with Crippen molar-refractivity contribution in [2.75, 3.05) is 11.2 Å². The molecule has 128 valence electrons. The summed E-state index contributed by atoms with van der Waals surface area (Å²) in [7, 11) is 0. The van der Waals surface area contributed by atoms with Crippen LogP contribution in [-0.2, 0) is 4.79 Å². The highest BCUT2D eigenvalue weighted by atomic mass is 35.5. The number of carbonyl (C=O) groups excluding carboxylic acids is 1. The molecule has 8 heteroatoms. The number of nitrogens with zero attached hydrogens (tertiary/aromatic N) is 1. The topological polar surface area (TPSA) is 55.1 Å². The molecule has 0 aliphatic carbocycles. The first kappa shape index (κ1) is 17.4. The van der Waals surface area contributed by atoms with Crippen molar-refractivity contribution < 1.29 is 18.1 Å². The van der Waals surface area contributed by atoms with E-state index in [1.54, 1.807) is 24.3 Å². The molecule has 1 aromatic heterocycles. The molecule has 0 radical (unpaired) electrons. The highest BCUT2D eigenvalue weighted by Crippen LogP contribution is 2.34. The van der Waals surface area contributed by atoms with Crippen LogP contribution >= 0.6 is 23.2 Å². The van der Waals surface area contributed by atoms with Gasteiger partial charge in [0.05, 0.1) is 10.6 Å². The quantitative estimate of drug-likeness (QED) is 0.503. The molecule has 0 aliphatic rings. The number of alkyl halides is 1. The molecule has 0 saturated heterocycles. The molecule has 0 fully saturated rings. The molecular formula is C17H10Cl2F2N2O2. The van der Waals surface area contributed by atoms with Gasteiger partial charge in [0.25, 0.3) is 0 Å². The summed E-state index contributed by atoms with van der Waals surface area (Å²) >= 11 is 11.3. The highest BCUT2D eigenvalue weighted by molar-refractivity contribution is 6.33. The second-order valence-electron chi connectivity index (χ2n) is 5.06. The maximum Gasteiger partial charge on any atom is 0.239 e. The second-order valence-corrected chi connectivity index (χ2v) is 5.70. The van der Waals surface area contributed by atoms with E-state index in [-0.39, 0.29) is 28.1 Å². The average Bonchev–Trinajstić information content (AvgIpc) is 3.08. The minimum Gasteiger partial charge on any atom is -0.356 e. The van der Waals surface area contributed by atoms with Gasteiger partial charge in [0.1, 0.15) is 23.2 Å². The number of amides is 1. The van der Waals surface area contributed by atoms with Crippen LogP contribution in [0.2, 0.25) is 5.02 Å². The zero-order valence-electron chi connectivity index (χ0n) is 12.5. The first-order valence-corrected chi connectivity index (χ1v) is 7.97. The second kappa shape index (κ2) is 7.21. The van der Waals surface area contributed by atoms with Crippen molar-refractivity contribution in [2.45, 2.75) is 0 Å². The number of halogens is 4. The fourth-order valence-corrected chi connectivity index (χ4v) is 2.55. The van der Waals surface area contributed by atoms with Crippen molar-refractivity contribution in [3.05, 3.63) is 59.1 Å². The van der Waals surface area contributed by atoms with E-state index in [0.717, 1.165) is 12.1 Å². The van der Waals surface area contributed by atoms with E-state index in [1.807, 2.05) is 0 Å². The Labute approximate surface area is 151 Å². The predicted octanol–water partition coefficient (Wildman–Crippen LogP) is 5.12. The molecule has 4 nitrogen and oxygen atoms in total. The van der Waals surface area contributed by atoms with Crippen molar-refractivity contribution in [3.63, 3.8) is 0 Å². The van der Waals surface area contributed by atoms with Crippen molar-refractivity contribution in [2.24, 2.45) is 0 Å². The molecule has 0 bridgehead atoms. The van der Waals surface area contributed by atoms with Crippen LogP contribution in [0.5, 0.6) is 0 Å². The van der Waals surface area contributed by atoms with E-state index in [4.69, 9.17) is 27.7 Å². The van der Waals surface area contributed by atoms with Gasteiger partial charge in [-0.3, -0.25) is 4.79 Å². The van der Waals surface area contributed by atoms with Gasteiger partial charge < -0.3 is 9.84 Å². The molecule has 1 N–H and O–H groups in total. The van der Waals surface area contributed by atoms with Crippen LogP contribution in [-0.4, -0.2) is 16.9 Å². The molecule has 25 heavy (non-hydrogen) atoms. The molecule has 1 amide bonds. The summed E-state index contributed by atoms with van der Waals surface area (Å²) in [6, 6.07) is 10.1. The molecule has 3 rings (SSSR count). The summed E-state index contributed by atoms with van der Waals surface area (Å²) in [5, 5.41) is 5.99. The van der Waals surface area contributed by atoms with Crippen LogP contribution in [0.15, 0.2) is 47.0 Å². The first-order chi connectivity index (χ1) is 12.0. The van der Waals surface area contributed by atoms with Gasteiger partial charge in [-0.15, -0.1) is 11.6 Å².